The maximum atomic E-state index is 13.1. The van der Waals surface area contributed by atoms with Crippen LogP contribution in [0.2, 0.25) is 0 Å². The minimum atomic E-state index is -1.25. The summed E-state index contributed by atoms with van der Waals surface area (Å²) >= 11 is 1.37. The monoisotopic (exact) mass is 512 g/mol. The van der Waals surface area contributed by atoms with E-state index in [4.69, 9.17) is 14.2 Å². The standard InChI is InChI=1S/C25H24N2O8S/c1-33-12-15-13-36-23-19(26-21(28)17-5-3-4-6-18(17)24(30)31)22(29)27(23)20(15)25(32)35-11-14-7-9-16(34-2)10-8-14/h3-10,19,23H,11-13H2,1-2H3,(H,26,28)(H,30,31)/t19?,23-/m0/s1. The number of esters is 1. The number of aromatic carboxylic acids is 1. The van der Waals surface area contributed by atoms with Crippen LogP contribution in [0, 0.1) is 0 Å². The van der Waals surface area contributed by atoms with Crippen LogP contribution in [0.5, 0.6) is 5.75 Å². The van der Waals surface area contributed by atoms with E-state index in [0.29, 0.717) is 17.1 Å². The molecule has 2 aliphatic heterocycles. The Morgan fingerprint density at radius 2 is 1.75 bits per heavy atom. The number of fused-ring (bicyclic) bond motifs is 1. The first-order valence-electron chi connectivity index (χ1n) is 10.9. The molecule has 2 aromatic rings. The van der Waals surface area contributed by atoms with Crippen molar-refractivity contribution in [3.8, 4) is 5.75 Å². The van der Waals surface area contributed by atoms with Crippen LogP contribution in [-0.2, 0) is 25.7 Å². The zero-order chi connectivity index (χ0) is 25.8. The highest BCUT2D eigenvalue weighted by Crippen LogP contribution is 2.41. The third-order valence-electron chi connectivity index (χ3n) is 5.78. The fourth-order valence-corrected chi connectivity index (χ4v) is 5.31. The van der Waals surface area contributed by atoms with Crippen molar-refractivity contribution in [3.63, 3.8) is 0 Å². The number of ether oxygens (including phenoxy) is 3. The maximum absolute atomic E-state index is 13.1. The van der Waals surface area contributed by atoms with Gasteiger partial charge >= 0.3 is 11.9 Å². The van der Waals surface area contributed by atoms with Crippen LogP contribution in [0.1, 0.15) is 26.3 Å². The fourth-order valence-electron chi connectivity index (χ4n) is 3.98. The van der Waals surface area contributed by atoms with Crippen molar-refractivity contribution >= 4 is 35.5 Å². The summed E-state index contributed by atoms with van der Waals surface area (Å²) < 4.78 is 15.8. The molecule has 2 heterocycles. The molecule has 11 heteroatoms. The van der Waals surface area contributed by atoms with E-state index >= 15 is 0 Å². The van der Waals surface area contributed by atoms with Crippen LogP contribution in [0.4, 0.5) is 0 Å². The van der Waals surface area contributed by atoms with Crippen molar-refractivity contribution in [2.45, 2.75) is 18.0 Å². The van der Waals surface area contributed by atoms with Gasteiger partial charge in [-0.25, -0.2) is 9.59 Å². The Labute approximate surface area is 211 Å². The molecule has 0 aliphatic carbocycles. The number of hydrogen-bond acceptors (Lipinski definition) is 8. The molecule has 0 saturated carbocycles. The number of β-lactam (4-membered cyclic amide) rings is 1. The van der Waals surface area contributed by atoms with E-state index in [0.717, 1.165) is 5.56 Å². The third kappa shape index (κ3) is 4.93. The summed E-state index contributed by atoms with van der Waals surface area (Å²) in [6.07, 6.45) is 0. The maximum Gasteiger partial charge on any atom is 0.355 e. The number of amides is 2. The molecule has 2 atom stereocenters. The first kappa shape index (κ1) is 25.3. The van der Waals surface area contributed by atoms with Gasteiger partial charge in [-0.15, -0.1) is 11.8 Å². The van der Waals surface area contributed by atoms with Gasteiger partial charge in [0.2, 0.25) is 0 Å². The minimum Gasteiger partial charge on any atom is -0.497 e. The van der Waals surface area contributed by atoms with Gasteiger partial charge < -0.3 is 24.6 Å². The number of rotatable bonds is 9. The fraction of sp³-hybridized carbons (Fsp3) is 0.280. The van der Waals surface area contributed by atoms with Crippen LogP contribution in [0.25, 0.3) is 0 Å². The Morgan fingerprint density at radius 1 is 1.06 bits per heavy atom. The highest BCUT2D eigenvalue weighted by Gasteiger charge is 2.54. The van der Waals surface area contributed by atoms with Crippen molar-refractivity contribution in [2.75, 3.05) is 26.6 Å². The number of hydrogen-bond donors (Lipinski definition) is 2. The second kappa shape index (κ2) is 10.8. The predicted octanol–water partition coefficient (Wildman–Crippen LogP) is 2.05. The van der Waals surface area contributed by atoms with Gasteiger partial charge in [-0.3, -0.25) is 14.5 Å². The number of carbonyl (C=O) groups is 4. The molecule has 0 aromatic heterocycles. The molecular weight excluding hydrogens is 488 g/mol. The molecule has 0 radical (unpaired) electrons. The average Bonchev–Trinajstić information content (AvgIpc) is 2.90. The summed E-state index contributed by atoms with van der Waals surface area (Å²) in [5, 5.41) is 11.4. The lowest BCUT2D eigenvalue weighted by Crippen LogP contribution is -2.70. The van der Waals surface area contributed by atoms with Gasteiger partial charge in [0.1, 0.15) is 29.5 Å². The van der Waals surface area contributed by atoms with Crippen LogP contribution in [0.3, 0.4) is 0 Å². The van der Waals surface area contributed by atoms with E-state index in [2.05, 4.69) is 5.32 Å². The summed E-state index contributed by atoms with van der Waals surface area (Å²) in [6, 6.07) is 11.9. The first-order chi connectivity index (χ1) is 17.3. The average molecular weight is 513 g/mol. The number of carbonyl (C=O) groups excluding carboxylic acids is 3. The van der Waals surface area contributed by atoms with Gasteiger partial charge in [0, 0.05) is 12.9 Å². The lowest BCUT2D eigenvalue weighted by atomic mass is 10.0. The number of methoxy groups -OCH3 is 2. The Kier molecular flexibility index (Phi) is 7.61. The molecular formula is C25H24N2O8S. The van der Waals surface area contributed by atoms with Crippen molar-refractivity contribution in [2.24, 2.45) is 0 Å². The summed E-state index contributed by atoms with van der Waals surface area (Å²) in [7, 11) is 3.05. The summed E-state index contributed by atoms with van der Waals surface area (Å²) in [6.45, 7) is 0.137. The van der Waals surface area contributed by atoms with E-state index in [9.17, 15) is 24.3 Å². The molecule has 4 rings (SSSR count). The molecule has 2 aliphatic rings. The summed E-state index contributed by atoms with van der Waals surface area (Å²) in [4.78, 5) is 51.7. The van der Waals surface area contributed by atoms with E-state index in [1.807, 2.05) is 0 Å². The van der Waals surface area contributed by atoms with Crippen molar-refractivity contribution in [1.29, 1.82) is 0 Å². The first-order valence-corrected chi connectivity index (χ1v) is 12.0. The van der Waals surface area contributed by atoms with Gasteiger partial charge in [-0.05, 0) is 35.4 Å². The summed E-state index contributed by atoms with van der Waals surface area (Å²) in [5.41, 5.74) is 1.24. The third-order valence-corrected chi connectivity index (χ3v) is 7.12. The van der Waals surface area contributed by atoms with Gasteiger partial charge in [0.15, 0.2) is 0 Å². The Bertz CT molecular complexity index is 1230. The number of thioether (sulfide) groups is 1. The van der Waals surface area contributed by atoms with Gasteiger partial charge in [-0.1, -0.05) is 24.3 Å². The molecule has 188 valence electrons. The molecule has 1 saturated heterocycles. The van der Waals surface area contributed by atoms with Gasteiger partial charge in [-0.2, -0.15) is 0 Å². The lowest BCUT2D eigenvalue weighted by Gasteiger charge is -2.49. The van der Waals surface area contributed by atoms with Crippen LogP contribution in [-0.4, -0.2) is 71.8 Å². The normalized spacial score (nSPS) is 18.7. The topological polar surface area (TPSA) is 131 Å². The second-order valence-electron chi connectivity index (χ2n) is 8.02. The SMILES string of the molecule is COCC1=C(C(=O)OCc2ccc(OC)cc2)N2C(=O)C(NC(=O)c3ccccc3C(=O)O)[C@@H]2SC1. The van der Waals surface area contributed by atoms with E-state index in [1.54, 1.807) is 37.4 Å². The van der Waals surface area contributed by atoms with Gasteiger partial charge in [0.05, 0.1) is 24.8 Å². The predicted molar refractivity (Wildman–Crippen MR) is 129 cm³/mol. The quantitative estimate of drug-likeness (QED) is 0.383. The molecule has 2 N–H and O–H groups in total. The Morgan fingerprint density at radius 3 is 2.39 bits per heavy atom. The molecule has 0 bridgehead atoms. The second-order valence-corrected chi connectivity index (χ2v) is 9.13. The number of carboxylic acid groups (broad SMARTS) is 1. The highest BCUT2D eigenvalue weighted by atomic mass is 32.2. The molecule has 0 spiro atoms. The van der Waals surface area contributed by atoms with Crippen molar-refractivity contribution < 1.29 is 38.5 Å². The smallest absolute Gasteiger partial charge is 0.355 e. The largest absolute Gasteiger partial charge is 0.497 e. The van der Waals surface area contributed by atoms with Crippen LogP contribution < -0.4 is 10.1 Å². The molecule has 1 fully saturated rings. The zero-order valence-corrected chi connectivity index (χ0v) is 20.4. The molecule has 2 aromatic carbocycles. The van der Waals surface area contributed by atoms with Crippen molar-refractivity contribution in [3.05, 3.63) is 76.5 Å². The molecule has 1 unspecified atom stereocenters. The Hall–Kier alpha value is -3.83. The van der Waals surface area contributed by atoms with Crippen LogP contribution >= 0.6 is 11.8 Å². The van der Waals surface area contributed by atoms with E-state index in [-0.39, 0.29) is 30.0 Å². The van der Waals surface area contributed by atoms with E-state index in [1.165, 1.54) is 42.0 Å². The van der Waals surface area contributed by atoms with Crippen LogP contribution in [0.15, 0.2) is 59.8 Å². The van der Waals surface area contributed by atoms with Crippen molar-refractivity contribution in [1.82, 2.24) is 10.2 Å². The number of nitrogens with one attached hydrogen (secondary N) is 1. The minimum absolute atomic E-state index is 0.00142. The lowest BCUT2D eigenvalue weighted by molar-refractivity contribution is -0.152. The Balaban J connectivity index is 1.49. The number of carboxylic acids is 1. The number of nitrogens with zero attached hydrogens (tertiary/aromatic N) is 1. The number of benzene rings is 2. The summed E-state index contributed by atoms with van der Waals surface area (Å²) in [5.74, 6) is -2.01. The molecule has 2 amide bonds. The zero-order valence-electron chi connectivity index (χ0n) is 19.6. The molecule has 36 heavy (non-hydrogen) atoms. The van der Waals surface area contributed by atoms with Gasteiger partial charge in [0.25, 0.3) is 11.8 Å². The molecule has 10 nitrogen and oxygen atoms in total. The van der Waals surface area contributed by atoms with E-state index < -0.39 is 35.2 Å². The highest BCUT2D eigenvalue weighted by molar-refractivity contribution is 8.00.